The van der Waals surface area contributed by atoms with Gasteiger partial charge in [0.05, 0.1) is 0 Å². The number of hydrogen-bond acceptors (Lipinski definition) is 5. The Kier molecular flexibility index (Phi) is 2.98. The first-order chi connectivity index (χ1) is 9.24. The number of aromatic nitrogens is 4. The fourth-order valence-corrected chi connectivity index (χ4v) is 2.31. The molecule has 1 aromatic heterocycles. The molecule has 0 N–H and O–H groups in total. The maximum atomic E-state index is 11.2. The summed E-state index contributed by atoms with van der Waals surface area (Å²) in [5.41, 5.74) is 2.13. The van der Waals surface area contributed by atoms with Crippen molar-refractivity contribution in [2.24, 2.45) is 7.05 Å². The summed E-state index contributed by atoms with van der Waals surface area (Å²) in [6.07, 6.45) is 1.30. The van der Waals surface area contributed by atoms with Crippen molar-refractivity contribution in [1.29, 1.82) is 0 Å². The minimum atomic E-state index is 0.359. The molecule has 1 aliphatic heterocycles. The maximum Gasteiger partial charge on any atom is 0.181 e. The van der Waals surface area contributed by atoms with Gasteiger partial charge in [0.25, 0.3) is 0 Å². The molecule has 0 unspecified atom stereocenters. The fourth-order valence-electron chi connectivity index (χ4n) is 2.31. The molecule has 0 aliphatic carbocycles. The zero-order valence-electron chi connectivity index (χ0n) is 10.8. The van der Waals surface area contributed by atoms with E-state index in [0.29, 0.717) is 18.6 Å². The van der Waals surface area contributed by atoms with Gasteiger partial charge in [0, 0.05) is 44.2 Å². The lowest BCUT2D eigenvalue weighted by Gasteiger charge is -2.28. The highest BCUT2D eigenvalue weighted by Crippen LogP contribution is 2.22. The second kappa shape index (κ2) is 4.79. The third-order valence-corrected chi connectivity index (χ3v) is 3.43. The molecule has 3 rings (SSSR count). The van der Waals surface area contributed by atoms with Crippen LogP contribution in [0.15, 0.2) is 24.3 Å². The highest BCUT2D eigenvalue weighted by Gasteiger charge is 2.16. The van der Waals surface area contributed by atoms with Gasteiger partial charge in [-0.3, -0.25) is 4.79 Å². The Morgan fingerprint density at radius 2 is 1.79 bits per heavy atom. The minimum absolute atomic E-state index is 0.359. The van der Waals surface area contributed by atoms with Crippen LogP contribution in [0.5, 0.6) is 0 Å². The first kappa shape index (κ1) is 11.8. The molecule has 98 valence electrons. The average molecular weight is 257 g/mol. The average Bonchev–Trinajstić information content (AvgIpc) is 2.86. The summed E-state index contributed by atoms with van der Waals surface area (Å²) in [5, 5.41) is 11.4. The molecule has 1 aliphatic rings. The Bertz CT molecular complexity index is 579. The molecule has 0 radical (unpaired) electrons. The molecule has 0 saturated carbocycles. The number of tetrazole rings is 1. The summed E-state index contributed by atoms with van der Waals surface area (Å²) in [4.78, 5) is 13.5. The van der Waals surface area contributed by atoms with Crippen molar-refractivity contribution in [3.8, 4) is 11.4 Å². The van der Waals surface area contributed by atoms with Crippen LogP contribution in [0.2, 0.25) is 0 Å². The number of ketones is 1. The molecule has 2 heterocycles. The molecule has 1 fully saturated rings. The van der Waals surface area contributed by atoms with E-state index in [4.69, 9.17) is 0 Å². The smallest absolute Gasteiger partial charge is 0.181 e. The highest BCUT2D eigenvalue weighted by atomic mass is 16.1. The summed E-state index contributed by atoms with van der Waals surface area (Å²) in [6.45, 7) is 1.62. The number of hydrogen-bond donors (Lipinski definition) is 0. The van der Waals surface area contributed by atoms with Gasteiger partial charge < -0.3 is 4.90 Å². The van der Waals surface area contributed by atoms with Crippen LogP contribution in [0.1, 0.15) is 12.8 Å². The quantitative estimate of drug-likeness (QED) is 0.804. The number of Topliss-reactive ketones (excluding diaryl/α,β-unsaturated/α-hetero) is 1. The number of aryl methyl sites for hydroxylation is 1. The van der Waals surface area contributed by atoms with Gasteiger partial charge >= 0.3 is 0 Å². The van der Waals surface area contributed by atoms with E-state index >= 15 is 0 Å². The van der Waals surface area contributed by atoms with Gasteiger partial charge in [0.1, 0.15) is 5.78 Å². The Labute approximate surface area is 111 Å². The second-order valence-corrected chi connectivity index (χ2v) is 4.70. The van der Waals surface area contributed by atoms with Crippen molar-refractivity contribution in [1.82, 2.24) is 20.2 Å². The van der Waals surface area contributed by atoms with Crippen LogP contribution in [0, 0.1) is 0 Å². The number of carbonyl (C=O) groups is 1. The number of piperidine rings is 1. The van der Waals surface area contributed by atoms with Gasteiger partial charge in [-0.2, -0.15) is 0 Å². The van der Waals surface area contributed by atoms with E-state index in [9.17, 15) is 4.79 Å². The third-order valence-electron chi connectivity index (χ3n) is 3.43. The van der Waals surface area contributed by atoms with Crippen LogP contribution < -0.4 is 4.90 Å². The molecule has 1 saturated heterocycles. The van der Waals surface area contributed by atoms with Gasteiger partial charge in [-0.05, 0) is 34.7 Å². The molecule has 0 bridgehead atoms. The molecular weight excluding hydrogens is 242 g/mol. The predicted molar refractivity (Wildman–Crippen MR) is 70.7 cm³/mol. The minimum Gasteiger partial charge on any atom is -0.371 e. The molecule has 0 atom stereocenters. The Balaban J connectivity index is 1.79. The van der Waals surface area contributed by atoms with Crippen LogP contribution in [0.3, 0.4) is 0 Å². The molecule has 19 heavy (non-hydrogen) atoms. The SMILES string of the molecule is Cn1nnnc1-c1ccc(N2CCC(=O)CC2)cc1. The summed E-state index contributed by atoms with van der Waals surface area (Å²) < 4.78 is 1.65. The summed E-state index contributed by atoms with van der Waals surface area (Å²) in [6, 6.07) is 8.13. The van der Waals surface area contributed by atoms with E-state index in [1.807, 2.05) is 19.2 Å². The van der Waals surface area contributed by atoms with Gasteiger partial charge in [0.15, 0.2) is 5.82 Å². The lowest BCUT2D eigenvalue weighted by atomic mass is 10.1. The molecule has 1 aromatic carbocycles. The van der Waals surface area contributed by atoms with Crippen LogP contribution in [-0.4, -0.2) is 39.1 Å². The summed E-state index contributed by atoms with van der Waals surface area (Å²) in [7, 11) is 1.82. The van der Waals surface area contributed by atoms with Crippen LogP contribution in [0.4, 0.5) is 5.69 Å². The molecule has 0 amide bonds. The standard InChI is InChI=1S/C13H15N5O/c1-17-13(14-15-16-17)10-2-4-11(5-3-10)18-8-6-12(19)7-9-18/h2-5H,6-9H2,1H3. The zero-order valence-corrected chi connectivity index (χ0v) is 10.8. The van der Waals surface area contributed by atoms with E-state index < -0.39 is 0 Å². The zero-order chi connectivity index (χ0) is 13.2. The van der Waals surface area contributed by atoms with Gasteiger partial charge in [-0.15, -0.1) is 5.10 Å². The molecule has 6 heteroatoms. The van der Waals surface area contributed by atoms with E-state index in [-0.39, 0.29) is 0 Å². The van der Waals surface area contributed by atoms with E-state index in [1.54, 1.807) is 4.68 Å². The first-order valence-corrected chi connectivity index (χ1v) is 6.33. The number of carbonyl (C=O) groups excluding carboxylic acids is 1. The molecule has 2 aromatic rings. The topological polar surface area (TPSA) is 63.9 Å². The predicted octanol–water partition coefficient (Wildman–Crippen LogP) is 1.05. The first-order valence-electron chi connectivity index (χ1n) is 6.33. The van der Waals surface area contributed by atoms with Gasteiger partial charge in [0.2, 0.25) is 0 Å². The second-order valence-electron chi connectivity index (χ2n) is 4.70. The maximum absolute atomic E-state index is 11.2. The summed E-state index contributed by atoms with van der Waals surface area (Å²) in [5.74, 6) is 1.11. The third kappa shape index (κ3) is 2.33. The van der Waals surface area contributed by atoms with E-state index in [1.165, 1.54) is 0 Å². The van der Waals surface area contributed by atoms with E-state index in [2.05, 4.69) is 32.6 Å². The number of rotatable bonds is 2. The number of nitrogens with zero attached hydrogens (tertiary/aromatic N) is 5. The molecule has 0 spiro atoms. The largest absolute Gasteiger partial charge is 0.371 e. The monoisotopic (exact) mass is 257 g/mol. The van der Waals surface area contributed by atoms with Crippen molar-refractivity contribution in [2.75, 3.05) is 18.0 Å². The Morgan fingerprint density at radius 3 is 2.37 bits per heavy atom. The lowest BCUT2D eigenvalue weighted by molar-refractivity contribution is -0.119. The Hall–Kier alpha value is -2.24. The normalized spacial score (nSPS) is 15.8. The van der Waals surface area contributed by atoms with Gasteiger partial charge in [-0.25, -0.2) is 4.68 Å². The van der Waals surface area contributed by atoms with Gasteiger partial charge in [-0.1, -0.05) is 0 Å². The molecule has 6 nitrogen and oxygen atoms in total. The molecular formula is C13H15N5O. The number of anilines is 1. The number of benzene rings is 1. The van der Waals surface area contributed by atoms with E-state index in [0.717, 1.165) is 30.2 Å². The van der Waals surface area contributed by atoms with Crippen molar-refractivity contribution >= 4 is 11.5 Å². The van der Waals surface area contributed by atoms with Crippen LogP contribution >= 0.6 is 0 Å². The Morgan fingerprint density at radius 1 is 1.11 bits per heavy atom. The highest BCUT2D eigenvalue weighted by molar-refractivity contribution is 5.81. The van der Waals surface area contributed by atoms with Crippen LogP contribution in [-0.2, 0) is 11.8 Å². The van der Waals surface area contributed by atoms with Crippen molar-refractivity contribution in [3.05, 3.63) is 24.3 Å². The van der Waals surface area contributed by atoms with Crippen molar-refractivity contribution in [3.63, 3.8) is 0 Å². The van der Waals surface area contributed by atoms with Crippen molar-refractivity contribution < 1.29 is 4.79 Å². The lowest BCUT2D eigenvalue weighted by Crippen LogP contribution is -2.33. The van der Waals surface area contributed by atoms with Crippen LogP contribution in [0.25, 0.3) is 11.4 Å². The van der Waals surface area contributed by atoms with Crippen molar-refractivity contribution in [2.45, 2.75) is 12.8 Å². The summed E-state index contributed by atoms with van der Waals surface area (Å²) >= 11 is 0. The fraction of sp³-hybridized carbons (Fsp3) is 0.385.